The maximum Gasteiger partial charge on any atom is 0.231 e. The van der Waals surface area contributed by atoms with Crippen LogP contribution in [0.5, 0.6) is 0 Å². The molecule has 1 aliphatic heterocycles. The molecule has 2 heterocycles. The first kappa shape index (κ1) is 12.1. The second-order valence-corrected chi connectivity index (χ2v) is 5.35. The highest BCUT2D eigenvalue weighted by atomic mass is 16.2. The summed E-state index contributed by atoms with van der Waals surface area (Å²) < 4.78 is 0. The largest absolute Gasteiger partial charge is 0.326 e. The van der Waals surface area contributed by atoms with Crippen LogP contribution < -0.4 is 10.6 Å². The summed E-state index contributed by atoms with van der Waals surface area (Å²) >= 11 is 0. The van der Waals surface area contributed by atoms with E-state index in [1.807, 2.05) is 37.3 Å². The summed E-state index contributed by atoms with van der Waals surface area (Å²) in [7, 11) is 0. The second kappa shape index (κ2) is 4.63. The molecule has 0 aliphatic carbocycles. The van der Waals surface area contributed by atoms with E-state index < -0.39 is 0 Å². The topological polar surface area (TPSA) is 54.0 Å². The molecule has 3 rings (SSSR count). The molecule has 1 atom stereocenters. The fraction of sp³-hybridized carbons (Fsp3) is 0.333. The molecule has 4 heteroatoms. The van der Waals surface area contributed by atoms with Crippen molar-refractivity contribution < 1.29 is 4.79 Å². The van der Waals surface area contributed by atoms with Crippen LogP contribution >= 0.6 is 0 Å². The Hall–Kier alpha value is -1.94. The van der Waals surface area contributed by atoms with Crippen LogP contribution in [-0.2, 0) is 4.79 Å². The highest BCUT2D eigenvalue weighted by molar-refractivity contribution is 5.97. The summed E-state index contributed by atoms with van der Waals surface area (Å²) in [6.07, 6.45) is 2.65. The normalized spacial score (nSPS) is 22.6. The minimum absolute atomic E-state index is 0.0840. The van der Waals surface area contributed by atoms with Gasteiger partial charge in [-0.2, -0.15) is 0 Å². The molecule has 1 aromatic carbocycles. The monoisotopic (exact) mass is 255 g/mol. The number of pyridine rings is 1. The van der Waals surface area contributed by atoms with Gasteiger partial charge >= 0.3 is 0 Å². The number of fused-ring (bicyclic) bond motifs is 1. The molecular formula is C15H17N3O. The first-order valence-corrected chi connectivity index (χ1v) is 6.54. The highest BCUT2D eigenvalue weighted by Crippen LogP contribution is 2.27. The van der Waals surface area contributed by atoms with Gasteiger partial charge in [0.1, 0.15) is 0 Å². The fourth-order valence-electron chi connectivity index (χ4n) is 2.45. The van der Waals surface area contributed by atoms with Crippen LogP contribution in [0.4, 0.5) is 5.69 Å². The van der Waals surface area contributed by atoms with E-state index in [2.05, 4.69) is 15.6 Å². The van der Waals surface area contributed by atoms with E-state index in [-0.39, 0.29) is 11.3 Å². The molecule has 2 aromatic rings. The lowest BCUT2D eigenvalue weighted by Gasteiger charge is -2.21. The van der Waals surface area contributed by atoms with E-state index in [0.29, 0.717) is 0 Å². The number of amides is 1. The fourth-order valence-corrected chi connectivity index (χ4v) is 2.45. The molecule has 0 bridgehead atoms. The van der Waals surface area contributed by atoms with E-state index in [1.54, 1.807) is 6.20 Å². The quantitative estimate of drug-likeness (QED) is 0.864. The van der Waals surface area contributed by atoms with E-state index >= 15 is 0 Å². The predicted octanol–water partition coefficient (Wildman–Crippen LogP) is 2.17. The number of carbonyl (C=O) groups is 1. The van der Waals surface area contributed by atoms with Crippen LogP contribution in [0.3, 0.4) is 0 Å². The molecule has 98 valence electrons. The lowest BCUT2D eigenvalue weighted by Crippen LogP contribution is -2.35. The molecule has 0 radical (unpaired) electrons. The number of anilines is 1. The molecule has 2 N–H and O–H groups in total. The van der Waals surface area contributed by atoms with Crippen LogP contribution in [0, 0.1) is 5.41 Å². The molecule has 4 nitrogen and oxygen atoms in total. The van der Waals surface area contributed by atoms with Crippen molar-refractivity contribution in [2.24, 2.45) is 5.41 Å². The molecule has 1 aliphatic rings. The summed E-state index contributed by atoms with van der Waals surface area (Å²) in [5.41, 5.74) is 1.47. The minimum atomic E-state index is -0.302. The number of aromatic nitrogens is 1. The summed E-state index contributed by atoms with van der Waals surface area (Å²) in [6, 6.07) is 9.69. The third-order valence-corrected chi connectivity index (χ3v) is 3.78. The maximum atomic E-state index is 12.3. The number of hydrogen-bond acceptors (Lipinski definition) is 3. The lowest BCUT2D eigenvalue weighted by atomic mass is 9.88. The molecule has 19 heavy (non-hydrogen) atoms. The van der Waals surface area contributed by atoms with Gasteiger partial charge in [0.2, 0.25) is 5.91 Å². The molecular weight excluding hydrogens is 238 g/mol. The Labute approximate surface area is 112 Å². The van der Waals surface area contributed by atoms with Crippen molar-refractivity contribution in [1.29, 1.82) is 0 Å². The molecule has 1 amide bonds. The first-order chi connectivity index (χ1) is 9.17. The Morgan fingerprint density at radius 2 is 2.32 bits per heavy atom. The van der Waals surface area contributed by atoms with Crippen molar-refractivity contribution in [2.75, 3.05) is 18.4 Å². The Balaban J connectivity index is 1.83. The van der Waals surface area contributed by atoms with E-state index in [9.17, 15) is 4.79 Å². The molecule has 1 saturated heterocycles. The summed E-state index contributed by atoms with van der Waals surface area (Å²) in [5, 5.41) is 7.29. The van der Waals surface area contributed by atoms with Crippen LogP contribution in [0.1, 0.15) is 13.3 Å². The Bertz CT molecular complexity index is 618. The van der Waals surface area contributed by atoms with Crippen molar-refractivity contribution in [3.63, 3.8) is 0 Å². The Morgan fingerprint density at radius 3 is 3.11 bits per heavy atom. The zero-order chi connectivity index (χ0) is 13.3. The van der Waals surface area contributed by atoms with Gasteiger partial charge in [-0.05, 0) is 44.2 Å². The number of carbonyl (C=O) groups excluding carboxylic acids is 1. The van der Waals surface area contributed by atoms with Crippen LogP contribution in [0.2, 0.25) is 0 Å². The van der Waals surface area contributed by atoms with Crippen LogP contribution in [-0.4, -0.2) is 24.0 Å². The minimum Gasteiger partial charge on any atom is -0.326 e. The number of hydrogen-bond donors (Lipinski definition) is 2. The van der Waals surface area contributed by atoms with Gasteiger partial charge in [0.05, 0.1) is 10.9 Å². The average molecular weight is 255 g/mol. The standard InChI is InChI=1S/C15H17N3O/c1-15(6-8-16-10-15)14(19)18-12-4-5-13-11(9-12)3-2-7-17-13/h2-5,7,9,16H,6,8,10H2,1H3,(H,18,19). The maximum absolute atomic E-state index is 12.3. The summed E-state index contributed by atoms with van der Waals surface area (Å²) in [4.78, 5) is 16.6. The second-order valence-electron chi connectivity index (χ2n) is 5.35. The number of benzene rings is 1. The van der Waals surface area contributed by atoms with Crippen LogP contribution in [0.15, 0.2) is 36.5 Å². The van der Waals surface area contributed by atoms with E-state index in [0.717, 1.165) is 36.1 Å². The average Bonchev–Trinajstić information content (AvgIpc) is 2.87. The lowest BCUT2D eigenvalue weighted by molar-refractivity contribution is -0.123. The van der Waals surface area contributed by atoms with E-state index in [1.165, 1.54) is 0 Å². The smallest absolute Gasteiger partial charge is 0.231 e. The summed E-state index contributed by atoms with van der Waals surface area (Å²) in [6.45, 7) is 3.66. The SMILES string of the molecule is CC1(C(=O)Nc2ccc3ncccc3c2)CCNC1. The zero-order valence-corrected chi connectivity index (χ0v) is 10.9. The van der Waals surface area contributed by atoms with Crippen molar-refractivity contribution in [1.82, 2.24) is 10.3 Å². The molecule has 1 unspecified atom stereocenters. The Morgan fingerprint density at radius 1 is 1.42 bits per heavy atom. The molecule has 0 saturated carbocycles. The van der Waals surface area contributed by atoms with Crippen molar-refractivity contribution in [2.45, 2.75) is 13.3 Å². The molecule has 1 fully saturated rings. The van der Waals surface area contributed by atoms with Gasteiger partial charge in [0, 0.05) is 23.8 Å². The predicted molar refractivity (Wildman–Crippen MR) is 76.0 cm³/mol. The van der Waals surface area contributed by atoms with E-state index in [4.69, 9.17) is 0 Å². The first-order valence-electron chi connectivity index (χ1n) is 6.54. The van der Waals surface area contributed by atoms with Gasteiger partial charge in [-0.15, -0.1) is 0 Å². The van der Waals surface area contributed by atoms with Gasteiger partial charge in [0.15, 0.2) is 0 Å². The van der Waals surface area contributed by atoms with Crippen molar-refractivity contribution in [3.05, 3.63) is 36.5 Å². The highest BCUT2D eigenvalue weighted by Gasteiger charge is 2.36. The van der Waals surface area contributed by atoms with Gasteiger partial charge in [0.25, 0.3) is 0 Å². The van der Waals surface area contributed by atoms with Gasteiger partial charge in [-0.1, -0.05) is 6.07 Å². The third kappa shape index (κ3) is 2.31. The number of nitrogens with zero attached hydrogens (tertiary/aromatic N) is 1. The Kier molecular flexibility index (Phi) is 2.95. The van der Waals surface area contributed by atoms with Gasteiger partial charge in [-0.3, -0.25) is 9.78 Å². The van der Waals surface area contributed by atoms with Gasteiger partial charge < -0.3 is 10.6 Å². The van der Waals surface area contributed by atoms with Gasteiger partial charge in [-0.25, -0.2) is 0 Å². The third-order valence-electron chi connectivity index (χ3n) is 3.78. The number of rotatable bonds is 2. The molecule has 0 spiro atoms. The zero-order valence-electron chi connectivity index (χ0n) is 10.9. The number of nitrogens with one attached hydrogen (secondary N) is 2. The van der Waals surface area contributed by atoms with Crippen LogP contribution in [0.25, 0.3) is 10.9 Å². The summed E-state index contributed by atoms with van der Waals surface area (Å²) in [5.74, 6) is 0.0840. The van der Waals surface area contributed by atoms with Crippen molar-refractivity contribution in [3.8, 4) is 0 Å². The van der Waals surface area contributed by atoms with Crippen molar-refractivity contribution >= 4 is 22.5 Å². The molecule has 1 aromatic heterocycles.